The monoisotopic (exact) mass is 1700 g/mol. The molecule has 114 heavy (non-hydrogen) atoms. The van der Waals surface area contributed by atoms with E-state index in [-0.39, 0.29) is 34.4 Å². The van der Waals surface area contributed by atoms with Crippen LogP contribution < -0.4 is 56.9 Å². The Morgan fingerprint density at radius 3 is 0.895 bits per heavy atom. The molecular formula is C87H60BF20IN2O3. The average Bonchev–Trinajstić information content (AvgIpc) is 0.693. The highest BCUT2D eigenvalue weighted by Crippen LogP contribution is 2.41. The summed E-state index contributed by atoms with van der Waals surface area (Å²) < 4.78 is 307. The van der Waals surface area contributed by atoms with Gasteiger partial charge in [-0.1, -0.05) is 117 Å². The molecule has 0 saturated heterocycles. The first-order valence-electron chi connectivity index (χ1n) is 33.9. The molecule has 0 saturated carbocycles. The number of methoxy groups -OCH3 is 1. The Bertz CT molecular complexity index is 5360. The Morgan fingerprint density at radius 1 is 0.325 bits per heavy atom. The molecule has 0 heterocycles. The predicted octanol–water partition coefficient (Wildman–Crippen LogP) is 20.6. The van der Waals surface area contributed by atoms with E-state index in [9.17, 15) is 66.3 Å². The number of ether oxygens (including phenoxy) is 2. The van der Waals surface area contributed by atoms with Crippen LogP contribution in [0.25, 0.3) is 0 Å². The van der Waals surface area contributed by atoms with Crippen molar-refractivity contribution in [1.82, 2.24) is 0 Å². The summed E-state index contributed by atoms with van der Waals surface area (Å²) >= 11 is -0.0167. The maximum atomic E-state index is 15.4. The van der Waals surface area contributed by atoms with E-state index in [1.807, 2.05) is 104 Å². The second kappa shape index (κ2) is 35.9. The summed E-state index contributed by atoms with van der Waals surface area (Å²) in [6.07, 6.45) is -9.82. The number of benzene rings is 13. The fourth-order valence-corrected chi connectivity index (χ4v) is 14.7. The predicted molar refractivity (Wildman–Crippen MR) is 393 cm³/mol. The van der Waals surface area contributed by atoms with E-state index in [2.05, 4.69) is 152 Å². The van der Waals surface area contributed by atoms with E-state index < -0.39 is 151 Å². The lowest BCUT2D eigenvalue weighted by molar-refractivity contribution is -0.597. The van der Waals surface area contributed by atoms with Gasteiger partial charge >= 0.3 is 21.2 Å². The summed E-state index contributed by atoms with van der Waals surface area (Å²) in [5.41, 5.74) is -1.28. The maximum Gasteiger partial charge on any atom is 0.357 e. The molecule has 27 heteroatoms. The van der Waals surface area contributed by atoms with Gasteiger partial charge in [0, 0.05) is 45.3 Å². The molecule has 13 aromatic carbocycles. The van der Waals surface area contributed by atoms with Gasteiger partial charge in [0.05, 0.1) is 7.11 Å². The number of nitrogens with zero attached hydrogens (tertiary/aromatic N) is 2. The number of para-hydroxylation sites is 2. The lowest BCUT2D eigenvalue weighted by Gasteiger charge is -2.44. The average molecular weight is 1700 g/mol. The maximum absolute atomic E-state index is 15.4. The highest BCUT2D eigenvalue weighted by Gasteiger charge is 2.49. The molecule has 5 nitrogen and oxygen atoms in total. The van der Waals surface area contributed by atoms with Crippen molar-refractivity contribution in [3.8, 4) is 17.2 Å². The van der Waals surface area contributed by atoms with Crippen LogP contribution in [0.3, 0.4) is 0 Å². The normalized spacial score (nSPS) is 11.1. The van der Waals surface area contributed by atoms with Gasteiger partial charge in [0.2, 0.25) is 5.82 Å². The summed E-state index contributed by atoms with van der Waals surface area (Å²) in [7, 11) is 1.68. The second-order valence-electron chi connectivity index (χ2n) is 25.7. The Kier molecular flexibility index (Phi) is 26.6. The molecule has 0 radical (unpaired) electrons. The number of ketones is 1. The number of halogens is 21. The van der Waals surface area contributed by atoms with Gasteiger partial charge < -0.3 is 19.3 Å². The van der Waals surface area contributed by atoms with E-state index in [1.165, 1.54) is 18.3 Å². The van der Waals surface area contributed by atoms with Crippen LogP contribution in [0.2, 0.25) is 0 Å². The van der Waals surface area contributed by atoms with Gasteiger partial charge in [0.1, 0.15) is 58.3 Å². The van der Waals surface area contributed by atoms with Crippen molar-refractivity contribution in [2.45, 2.75) is 47.4 Å². The molecule has 0 aromatic heterocycles. The molecule has 0 aliphatic rings. The fraction of sp³-hybridized carbons (Fsp3) is 0.0920. The van der Waals surface area contributed by atoms with Gasteiger partial charge in [0.15, 0.2) is 88.5 Å². The third kappa shape index (κ3) is 17.2. The smallest absolute Gasteiger partial charge is 0.357 e. The Hall–Kier alpha value is -11.9. The Balaban J connectivity index is 0.000000199. The van der Waals surface area contributed by atoms with Crippen LogP contribution in [0.5, 0.6) is 17.2 Å². The summed E-state index contributed by atoms with van der Waals surface area (Å²) in [5.74, 6) is -64.5. The van der Waals surface area contributed by atoms with E-state index in [1.54, 1.807) is 19.2 Å². The molecular weight excluding hydrogens is 1640 g/mol. The highest BCUT2D eigenvalue weighted by molar-refractivity contribution is 7.11. The number of aryl methyl sites for hydroxylation is 2. The topological polar surface area (TPSA) is 42.0 Å². The van der Waals surface area contributed by atoms with Gasteiger partial charge in [-0.25, -0.2) is 87.8 Å². The van der Waals surface area contributed by atoms with Crippen LogP contribution in [0.4, 0.5) is 122 Å². The van der Waals surface area contributed by atoms with Crippen molar-refractivity contribution in [1.29, 1.82) is 0 Å². The van der Waals surface area contributed by atoms with E-state index in [0.717, 1.165) is 45.4 Å². The van der Waals surface area contributed by atoms with Crippen LogP contribution in [0.1, 0.15) is 65.4 Å². The molecule has 0 aliphatic heterocycles. The molecule has 0 atom stereocenters. The molecule has 586 valence electrons. The molecule has 0 spiro atoms. The first kappa shape index (κ1) is 84.6. The quantitative estimate of drug-likeness (QED) is 0.0202. The third-order valence-corrected chi connectivity index (χ3v) is 21.0. The minimum atomic E-state index is -6.61. The summed E-state index contributed by atoms with van der Waals surface area (Å²) in [6.45, 7) is 8.63. The van der Waals surface area contributed by atoms with Crippen LogP contribution in [0, 0.1) is 137 Å². The number of hydrogen-bond acceptors (Lipinski definition) is 5. The lowest BCUT2D eigenvalue weighted by Crippen LogP contribution is -3.61. The number of hydrogen-bond donors (Lipinski definition) is 0. The largest absolute Gasteiger partial charge is 0.497 e. The lowest BCUT2D eigenvalue weighted by atomic mass is 9.13. The standard InChI is InChI=1S/C45H36N2O3.C25H2BF20.C16H18I.CH4/c1-33-13-15-34(16-14-33)45(48)35-17-27-43(28-18-35)50-44-31-25-41(26-32-44)47(37-11-7-4-8-12-37)39-21-19-38(20-22-39)46(36-9-5-3-6-10-36)40-23-29-42(49-2)30-24-40;27-6-2(7(28)15(36)22(43)14(6)35)1-26(3-8(29)16(37)23(44)17(38)9(3)30,4-10(31)18(39)24(45)19(40)11(4)32)5-12(33)20(41)25(46)21(42)13(5)34;1-12(2)14-6-10-16(11-7-14)17-15-8-4-13(3)5-9-15;/h3-32H,1-2H3;1H2;4-12H,1-3H3;1H4/q;-1;+1;. The summed E-state index contributed by atoms with van der Waals surface area (Å²) in [5, 5.41) is 0. The van der Waals surface area contributed by atoms with Crippen LogP contribution in [-0.2, 0) is 6.32 Å². The zero-order chi connectivity index (χ0) is 81.6. The van der Waals surface area contributed by atoms with Crippen molar-refractivity contribution < 1.29 is 123 Å². The SMILES string of the molecule is C.COc1ccc(N(c2ccccc2)c2ccc(N(c3ccccc3)c3ccc(Oc4ccc(C(=O)c5ccc(C)cc5)cc4)cc3)cc2)cc1.Cc1ccc([I+]c2ccc(C(C)C)cc2)cc1.Fc1c(F)c(F)c(C[B-](c2c(F)c(F)c(F)c(F)c2F)(c2c(F)c(F)c(F)c(F)c2F)c2c(F)c(F)c(F)c(F)c2F)c(F)c1F. The molecule has 0 N–H and O–H groups in total. The molecule has 0 aliphatic carbocycles. The second-order valence-corrected chi connectivity index (χ2v) is 28.7. The zero-order valence-electron chi connectivity index (χ0n) is 59.4. The fourth-order valence-electron chi connectivity index (χ4n) is 12.5. The van der Waals surface area contributed by atoms with E-state index >= 15 is 26.3 Å². The zero-order valence-corrected chi connectivity index (χ0v) is 61.5. The molecule has 13 rings (SSSR count). The van der Waals surface area contributed by atoms with Crippen LogP contribution in [0.15, 0.2) is 231 Å². The minimum absolute atomic E-state index is 0. The first-order valence-corrected chi connectivity index (χ1v) is 36.0. The van der Waals surface area contributed by atoms with Crippen molar-refractivity contribution in [3.05, 3.63) is 387 Å². The molecule has 0 fully saturated rings. The van der Waals surface area contributed by atoms with Gasteiger partial charge in [-0.3, -0.25) is 4.79 Å². The highest BCUT2D eigenvalue weighted by atomic mass is 127. The minimum Gasteiger partial charge on any atom is -0.497 e. The van der Waals surface area contributed by atoms with E-state index in [0.29, 0.717) is 28.5 Å². The molecule has 13 aromatic rings. The number of carbonyl (C=O) groups excluding carboxylic acids is 1. The number of rotatable bonds is 19. The van der Waals surface area contributed by atoms with E-state index in [4.69, 9.17) is 9.47 Å². The van der Waals surface area contributed by atoms with Gasteiger partial charge in [-0.2, -0.15) is 0 Å². The first-order chi connectivity index (χ1) is 53.9. The Morgan fingerprint density at radius 2 is 0.579 bits per heavy atom. The van der Waals surface area contributed by atoms with Crippen LogP contribution in [-0.4, -0.2) is 19.0 Å². The number of anilines is 6. The third-order valence-electron chi connectivity index (χ3n) is 18.3. The van der Waals surface area contributed by atoms with Gasteiger partial charge in [0.25, 0.3) is 0 Å². The van der Waals surface area contributed by atoms with Gasteiger partial charge in [-0.05, 0) is 176 Å². The number of carbonyl (C=O) groups is 1. The van der Waals surface area contributed by atoms with Crippen molar-refractivity contribution >= 4 is 62.4 Å². The molecule has 0 bridgehead atoms. The van der Waals surface area contributed by atoms with Crippen molar-refractivity contribution in [3.63, 3.8) is 0 Å². The molecule has 0 amide bonds. The summed E-state index contributed by atoms with van der Waals surface area (Å²) in [6, 6.07) is 78.3. The van der Waals surface area contributed by atoms with Crippen molar-refractivity contribution in [2.24, 2.45) is 0 Å². The Labute approximate surface area is 651 Å². The molecule has 0 unspecified atom stereocenters. The van der Waals surface area contributed by atoms with Gasteiger partial charge in [-0.15, -0.1) is 22.7 Å². The van der Waals surface area contributed by atoms with Crippen molar-refractivity contribution in [2.75, 3.05) is 16.9 Å². The van der Waals surface area contributed by atoms with Crippen LogP contribution >= 0.6 is 0 Å². The summed E-state index contributed by atoms with van der Waals surface area (Å²) in [4.78, 5) is 17.4.